The summed E-state index contributed by atoms with van der Waals surface area (Å²) in [7, 11) is 1.57. The van der Waals surface area contributed by atoms with E-state index in [-0.39, 0.29) is 30.5 Å². The number of hydrogen-bond acceptors (Lipinski definition) is 3. The SMILES string of the molecule is COc1ccc(CNC(=O)CCN(C(C)=O)c2ccc(F)c(F)c2)cc1. The first kappa shape index (κ1) is 19.4. The van der Waals surface area contributed by atoms with Gasteiger partial charge in [-0.05, 0) is 29.8 Å². The molecule has 0 saturated heterocycles. The van der Waals surface area contributed by atoms with Crippen molar-refractivity contribution in [2.45, 2.75) is 19.9 Å². The third-order valence-electron chi connectivity index (χ3n) is 3.81. The molecule has 2 amide bonds. The van der Waals surface area contributed by atoms with Gasteiger partial charge < -0.3 is 15.0 Å². The summed E-state index contributed by atoms with van der Waals surface area (Å²) in [6.07, 6.45) is 0.0364. The van der Waals surface area contributed by atoms with Gasteiger partial charge in [0.05, 0.1) is 7.11 Å². The molecule has 0 spiro atoms. The minimum Gasteiger partial charge on any atom is -0.497 e. The number of anilines is 1. The Morgan fingerprint density at radius 1 is 1.08 bits per heavy atom. The van der Waals surface area contributed by atoms with Gasteiger partial charge in [-0.2, -0.15) is 0 Å². The second-order valence-electron chi connectivity index (χ2n) is 5.64. The average Bonchev–Trinajstić information content (AvgIpc) is 2.63. The normalized spacial score (nSPS) is 10.3. The van der Waals surface area contributed by atoms with Crippen LogP contribution in [0, 0.1) is 11.6 Å². The van der Waals surface area contributed by atoms with Crippen molar-refractivity contribution in [2.75, 3.05) is 18.6 Å². The van der Waals surface area contributed by atoms with Gasteiger partial charge in [-0.1, -0.05) is 12.1 Å². The molecular formula is C19H20F2N2O3. The summed E-state index contributed by atoms with van der Waals surface area (Å²) in [5.41, 5.74) is 1.11. The largest absolute Gasteiger partial charge is 0.497 e. The summed E-state index contributed by atoms with van der Waals surface area (Å²) in [4.78, 5) is 25.0. The molecule has 0 atom stereocenters. The number of benzene rings is 2. The van der Waals surface area contributed by atoms with Crippen LogP contribution in [0.4, 0.5) is 14.5 Å². The molecule has 7 heteroatoms. The molecule has 2 aromatic rings. The maximum Gasteiger partial charge on any atom is 0.223 e. The lowest BCUT2D eigenvalue weighted by molar-refractivity contribution is -0.121. The van der Waals surface area contributed by atoms with Gasteiger partial charge in [0.15, 0.2) is 11.6 Å². The number of ether oxygens (including phenoxy) is 1. The van der Waals surface area contributed by atoms with Crippen LogP contribution < -0.4 is 15.0 Å². The molecule has 0 aliphatic rings. The van der Waals surface area contributed by atoms with Crippen LogP contribution in [-0.2, 0) is 16.1 Å². The number of carbonyl (C=O) groups is 2. The number of halogens is 2. The van der Waals surface area contributed by atoms with Crippen molar-refractivity contribution in [1.29, 1.82) is 0 Å². The van der Waals surface area contributed by atoms with Crippen molar-refractivity contribution in [1.82, 2.24) is 5.32 Å². The van der Waals surface area contributed by atoms with Crippen molar-refractivity contribution in [2.24, 2.45) is 0 Å². The van der Waals surface area contributed by atoms with Crippen LogP contribution >= 0.6 is 0 Å². The highest BCUT2D eigenvalue weighted by Gasteiger charge is 2.15. The lowest BCUT2D eigenvalue weighted by Gasteiger charge is -2.21. The van der Waals surface area contributed by atoms with E-state index in [0.29, 0.717) is 6.54 Å². The second kappa shape index (κ2) is 8.94. The summed E-state index contributed by atoms with van der Waals surface area (Å²) < 4.78 is 31.5. The van der Waals surface area contributed by atoms with E-state index in [1.54, 1.807) is 19.2 Å². The van der Waals surface area contributed by atoms with E-state index < -0.39 is 11.6 Å². The molecule has 138 valence electrons. The molecule has 5 nitrogen and oxygen atoms in total. The van der Waals surface area contributed by atoms with E-state index >= 15 is 0 Å². The smallest absolute Gasteiger partial charge is 0.223 e. The van der Waals surface area contributed by atoms with E-state index in [1.165, 1.54) is 17.9 Å². The lowest BCUT2D eigenvalue weighted by atomic mass is 10.2. The van der Waals surface area contributed by atoms with Gasteiger partial charge in [-0.25, -0.2) is 8.78 Å². The summed E-state index contributed by atoms with van der Waals surface area (Å²) in [5, 5.41) is 2.75. The van der Waals surface area contributed by atoms with Crippen LogP contribution in [0.5, 0.6) is 5.75 Å². The molecule has 0 bridgehead atoms. The quantitative estimate of drug-likeness (QED) is 0.824. The number of rotatable bonds is 7. The fourth-order valence-electron chi connectivity index (χ4n) is 2.37. The Balaban J connectivity index is 1.90. The minimum absolute atomic E-state index is 0.0364. The lowest BCUT2D eigenvalue weighted by Crippen LogP contribution is -2.33. The van der Waals surface area contributed by atoms with E-state index in [4.69, 9.17) is 4.74 Å². The molecule has 0 fully saturated rings. The molecule has 0 aromatic heterocycles. The number of carbonyl (C=O) groups excluding carboxylic acids is 2. The Kier molecular flexibility index (Phi) is 6.66. The molecule has 26 heavy (non-hydrogen) atoms. The Morgan fingerprint density at radius 2 is 1.77 bits per heavy atom. The monoisotopic (exact) mass is 362 g/mol. The van der Waals surface area contributed by atoms with Gasteiger partial charge in [-0.3, -0.25) is 9.59 Å². The van der Waals surface area contributed by atoms with Gasteiger partial charge in [-0.15, -0.1) is 0 Å². The topological polar surface area (TPSA) is 58.6 Å². The van der Waals surface area contributed by atoms with Crippen LogP contribution in [0.25, 0.3) is 0 Å². The summed E-state index contributed by atoms with van der Waals surface area (Å²) in [6.45, 7) is 1.71. The number of nitrogens with one attached hydrogen (secondary N) is 1. The third kappa shape index (κ3) is 5.27. The van der Waals surface area contributed by atoms with Crippen LogP contribution in [0.3, 0.4) is 0 Å². The molecule has 2 aromatic carbocycles. The molecule has 0 saturated carbocycles. The fraction of sp³-hybridized carbons (Fsp3) is 0.263. The average molecular weight is 362 g/mol. The highest BCUT2D eigenvalue weighted by atomic mass is 19.2. The standard InChI is InChI=1S/C19H20F2N2O3/c1-13(24)23(15-5-8-17(20)18(21)11-15)10-9-19(25)22-12-14-3-6-16(26-2)7-4-14/h3-8,11H,9-10,12H2,1-2H3,(H,22,25). The number of methoxy groups -OCH3 is 1. The molecular weight excluding hydrogens is 342 g/mol. The van der Waals surface area contributed by atoms with Gasteiger partial charge in [0.1, 0.15) is 5.75 Å². The number of nitrogens with zero attached hydrogens (tertiary/aromatic N) is 1. The van der Waals surface area contributed by atoms with E-state index in [0.717, 1.165) is 23.4 Å². The summed E-state index contributed by atoms with van der Waals surface area (Å²) in [5.74, 6) is -1.93. The zero-order valence-electron chi connectivity index (χ0n) is 14.6. The van der Waals surface area contributed by atoms with Crippen molar-refractivity contribution in [3.8, 4) is 5.75 Å². The highest BCUT2D eigenvalue weighted by Crippen LogP contribution is 2.18. The van der Waals surface area contributed by atoms with Gasteiger partial charge in [0.2, 0.25) is 11.8 Å². The molecule has 0 heterocycles. The van der Waals surface area contributed by atoms with Gasteiger partial charge >= 0.3 is 0 Å². The maximum absolute atomic E-state index is 13.4. The Morgan fingerprint density at radius 3 is 2.35 bits per heavy atom. The molecule has 0 unspecified atom stereocenters. The number of amides is 2. The molecule has 0 aliphatic carbocycles. The first-order chi connectivity index (χ1) is 12.4. The van der Waals surface area contributed by atoms with E-state index in [2.05, 4.69) is 5.32 Å². The zero-order valence-corrected chi connectivity index (χ0v) is 14.6. The number of hydrogen-bond donors (Lipinski definition) is 1. The Bertz CT molecular complexity index is 779. The molecule has 1 N–H and O–H groups in total. The predicted octanol–water partition coefficient (Wildman–Crippen LogP) is 3.03. The van der Waals surface area contributed by atoms with E-state index in [1.807, 2.05) is 12.1 Å². The van der Waals surface area contributed by atoms with E-state index in [9.17, 15) is 18.4 Å². The van der Waals surface area contributed by atoms with Gasteiger partial charge in [0, 0.05) is 38.2 Å². The first-order valence-corrected chi connectivity index (χ1v) is 8.03. The Labute approximate surface area is 150 Å². The first-order valence-electron chi connectivity index (χ1n) is 8.03. The third-order valence-corrected chi connectivity index (χ3v) is 3.81. The molecule has 0 radical (unpaired) electrons. The fourth-order valence-corrected chi connectivity index (χ4v) is 2.37. The van der Waals surface area contributed by atoms with Crippen LogP contribution in [0.1, 0.15) is 18.9 Å². The summed E-state index contributed by atoms with van der Waals surface area (Å²) >= 11 is 0. The minimum atomic E-state index is -1.04. The Hall–Kier alpha value is -2.96. The van der Waals surface area contributed by atoms with Gasteiger partial charge in [0.25, 0.3) is 0 Å². The summed E-state index contributed by atoms with van der Waals surface area (Å²) in [6, 6.07) is 10.4. The van der Waals surface area contributed by atoms with Crippen molar-refractivity contribution in [3.63, 3.8) is 0 Å². The molecule has 2 rings (SSSR count). The van der Waals surface area contributed by atoms with Crippen molar-refractivity contribution >= 4 is 17.5 Å². The highest BCUT2D eigenvalue weighted by molar-refractivity contribution is 5.92. The van der Waals surface area contributed by atoms with Crippen LogP contribution in [0.15, 0.2) is 42.5 Å². The maximum atomic E-state index is 13.4. The van der Waals surface area contributed by atoms with Crippen molar-refractivity contribution in [3.05, 3.63) is 59.7 Å². The van der Waals surface area contributed by atoms with Crippen LogP contribution in [0.2, 0.25) is 0 Å². The molecule has 0 aliphatic heterocycles. The predicted molar refractivity (Wildman–Crippen MR) is 93.8 cm³/mol. The zero-order chi connectivity index (χ0) is 19.1. The van der Waals surface area contributed by atoms with Crippen molar-refractivity contribution < 1.29 is 23.1 Å². The second-order valence-corrected chi connectivity index (χ2v) is 5.64. The van der Waals surface area contributed by atoms with Crippen LogP contribution in [-0.4, -0.2) is 25.5 Å².